The van der Waals surface area contributed by atoms with Gasteiger partial charge in [-0.1, -0.05) is 6.07 Å². The molecule has 0 aliphatic heterocycles. The van der Waals surface area contributed by atoms with Crippen molar-refractivity contribution in [2.45, 2.75) is 0 Å². The number of hydrogen-bond acceptors (Lipinski definition) is 3. The first-order chi connectivity index (χ1) is 6.79. The second-order valence-corrected chi connectivity index (χ2v) is 2.54. The highest BCUT2D eigenvalue weighted by atomic mass is 35.5. The number of halogens is 2. The summed E-state index contributed by atoms with van der Waals surface area (Å²) in [5.41, 5.74) is 0. The Morgan fingerprint density at radius 2 is 1.06 bits per heavy atom. The lowest BCUT2D eigenvalue weighted by atomic mass is 10.3. The van der Waals surface area contributed by atoms with Crippen molar-refractivity contribution in [2.24, 2.45) is 0 Å². The molecule has 1 aromatic heterocycles. The van der Waals surface area contributed by atoms with E-state index in [1.165, 1.54) is 24.3 Å². The van der Waals surface area contributed by atoms with Crippen LogP contribution in [-0.2, 0) is 0 Å². The molecule has 1 aromatic carbocycles. The van der Waals surface area contributed by atoms with Crippen molar-refractivity contribution in [2.75, 3.05) is 0 Å². The molecule has 0 unspecified atom stereocenters. The summed E-state index contributed by atoms with van der Waals surface area (Å²) in [4.78, 5) is 3.78. The number of rotatable bonds is 0. The minimum atomic E-state index is 0. The highest BCUT2D eigenvalue weighted by molar-refractivity contribution is 5.85. The molecule has 0 saturated heterocycles. The van der Waals surface area contributed by atoms with Crippen molar-refractivity contribution in [1.82, 2.24) is 4.98 Å². The van der Waals surface area contributed by atoms with Gasteiger partial charge in [-0.2, -0.15) is 0 Å². The molecule has 5 heteroatoms. The van der Waals surface area contributed by atoms with E-state index < -0.39 is 0 Å². The molecule has 2 aromatic rings. The Morgan fingerprint density at radius 1 is 0.688 bits per heavy atom. The van der Waals surface area contributed by atoms with E-state index in [4.69, 9.17) is 10.2 Å². The molecule has 0 aliphatic rings. The lowest BCUT2D eigenvalue weighted by molar-refractivity contribution is 0.460. The van der Waals surface area contributed by atoms with E-state index in [-0.39, 0.29) is 36.3 Å². The first-order valence-electron chi connectivity index (χ1n) is 4.12. The third-order valence-electron chi connectivity index (χ3n) is 1.42. The Morgan fingerprint density at radius 3 is 1.25 bits per heavy atom. The summed E-state index contributed by atoms with van der Waals surface area (Å²) in [7, 11) is 0. The van der Waals surface area contributed by atoms with E-state index in [9.17, 15) is 0 Å². The first-order valence-corrected chi connectivity index (χ1v) is 4.12. The molecule has 0 radical (unpaired) electrons. The van der Waals surface area contributed by atoms with E-state index in [1.807, 2.05) is 18.2 Å². The van der Waals surface area contributed by atoms with Crippen LogP contribution in [0.25, 0.3) is 0 Å². The Hall–Kier alpha value is -1.45. The minimum Gasteiger partial charge on any atom is -0.508 e. The standard InChI is InChI=1S/C6H6O2.C5H5N.2ClH/c7-5-1-2-6(8)4-3-5;1-2-4-6-5-3-1;;/h1-4,7-8H;1-5H;2*1H. The monoisotopic (exact) mass is 261 g/mol. The average molecular weight is 262 g/mol. The summed E-state index contributed by atoms with van der Waals surface area (Å²) in [6, 6.07) is 11.4. The van der Waals surface area contributed by atoms with E-state index in [1.54, 1.807) is 12.4 Å². The van der Waals surface area contributed by atoms with E-state index in [2.05, 4.69) is 4.98 Å². The van der Waals surface area contributed by atoms with Gasteiger partial charge in [-0.3, -0.25) is 4.98 Å². The van der Waals surface area contributed by atoms with Crippen LogP contribution in [0, 0.1) is 0 Å². The fraction of sp³-hybridized carbons (Fsp3) is 0. The number of phenols is 2. The third kappa shape index (κ3) is 7.91. The van der Waals surface area contributed by atoms with Gasteiger partial charge in [0.25, 0.3) is 0 Å². The van der Waals surface area contributed by atoms with Gasteiger partial charge in [-0.25, -0.2) is 0 Å². The van der Waals surface area contributed by atoms with Crippen molar-refractivity contribution < 1.29 is 10.2 Å². The maximum atomic E-state index is 8.65. The van der Waals surface area contributed by atoms with Gasteiger partial charge in [0.05, 0.1) is 0 Å². The van der Waals surface area contributed by atoms with Crippen LogP contribution in [0.3, 0.4) is 0 Å². The molecule has 16 heavy (non-hydrogen) atoms. The molecule has 0 spiro atoms. The van der Waals surface area contributed by atoms with Crippen LogP contribution >= 0.6 is 24.8 Å². The van der Waals surface area contributed by atoms with Crippen LogP contribution in [0.5, 0.6) is 11.5 Å². The molecular formula is C11H13Cl2NO2. The molecule has 88 valence electrons. The minimum absolute atomic E-state index is 0. The Kier molecular flexibility index (Phi) is 10.7. The van der Waals surface area contributed by atoms with Gasteiger partial charge in [0.15, 0.2) is 0 Å². The second-order valence-electron chi connectivity index (χ2n) is 2.54. The number of benzene rings is 1. The average Bonchev–Trinajstić information content (AvgIpc) is 2.26. The highest BCUT2D eigenvalue weighted by Crippen LogP contribution is 2.13. The van der Waals surface area contributed by atoms with Gasteiger partial charge in [0.2, 0.25) is 0 Å². The molecule has 0 saturated carbocycles. The molecule has 0 fully saturated rings. The number of phenolic OH excluding ortho intramolecular Hbond substituents is 2. The van der Waals surface area contributed by atoms with E-state index in [0.717, 1.165) is 0 Å². The van der Waals surface area contributed by atoms with Gasteiger partial charge in [0, 0.05) is 12.4 Å². The van der Waals surface area contributed by atoms with Gasteiger partial charge < -0.3 is 10.2 Å². The maximum Gasteiger partial charge on any atom is 0.115 e. The fourth-order valence-corrected chi connectivity index (χ4v) is 0.765. The van der Waals surface area contributed by atoms with Crippen LogP contribution < -0.4 is 0 Å². The van der Waals surface area contributed by atoms with Crippen LogP contribution in [0.1, 0.15) is 0 Å². The molecule has 0 bridgehead atoms. The fourth-order valence-electron chi connectivity index (χ4n) is 0.765. The lowest BCUT2D eigenvalue weighted by Crippen LogP contribution is -1.61. The predicted octanol–water partition coefficient (Wildman–Crippen LogP) is 3.02. The summed E-state index contributed by atoms with van der Waals surface area (Å²) in [5, 5.41) is 17.3. The SMILES string of the molecule is Cl.Cl.Oc1ccc(O)cc1.c1ccncc1. The Bertz CT molecular complexity index is 306. The van der Waals surface area contributed by atoms with Crippen LogP contribution in [-0.4, -0.2) is 15.2 Å². The van der Waals surface area contributed by atoms with Crippen molar-refractivity contribution in [3.05, 3.63) is 54.9 Å². The molecule has 0 atom stereocenters. The molecular weight excluding hydrogens is 249 g/mol. The molecule has 2 rings (SSSR count). The smallest absolute Gasteiger partial charge is 0.115 e. The van der Waals surface area contributed by atoms with Crippen molar-refractivity contribution in [3.63, 3.8) is 0 Å². The zero-order valence-corrected chi connectivity index (χ0v) is 9.99. The largest absolute Gasteiger partial charge is 0.508 e. The molecule has 3 nitrogen and oxygen atoms in total. The van der Waals surface area contributed by atoms with E-state index >= 15 is 0 Å². The second kappa shape index (κ2) is 10.1. The van der Waals surface area contributed by atoms with Crippen LogP contribution in [0.2, 0.25) is 0 Å². The summed E-state index contributed by atoms with van der Waals surface area (Å²) in [6.07, 6.45) is 3.50. The Balaban J connectivity index is 0. The lowest BCUT2D eigenvalue weighted by Gasteiger charge is -1.88. The highest BCUT2D eigenvalue weighted by Gasteiger charge is 1.84. The quantitative estimate of drug-likeness (QED) is 0.717. The first kappa shape index (κ1) is 17.0. The van der Waals surface area contributed by atoms with Crippen LogP contribution in [0.15, 0.2) is 54.9 Å². The van der Waals surface area contributed by atoms with Gasteiger partial charge in [-0.15, -0.1) is 24.8 Å². The molecule has 1 heterocycles. The number of hydrogen-bond donors (Lipinski definition) is 2. The van der Waals surface area contributed by atoms with E-state index in [0.29, 0.717) is 0 Å². The Labute approximate surface area is 107 Å². The summed E-state index contributed by atoms with van der Waals surface area (Å²) in [5.74, 6) is 0.339. The summed E-state index contributed by atoms with van der Waals surface area (Å²) < 4.78 is 0. The maximum absolute atomic E-state index is 8.65. The zero-order chi connectivity index (χ0) is 10.2. The number of nitrogens with zero attached hydrogens (tertiary/aromatic N) is 1. The number of aromatic hydroxyl groups is 2. The van der Waals surface area contributed by atoms with Gasteiger partial charge >= 0.3 is 0 Å². The molecule has 2 N–H and O–H groups in total. The number of pyridine rings is 1. The van der Waals surface area contributed by atoms with Crippen molar-refractivity contribution >= 4 is 24.8 Å². The summed E-state index contributed by atoms with van der Waals surface area (Å²) in [6.45, 7) is 0. The van der Waals surface area contributed by atoms with Gasteiger partial charge in [0.1, 0.15) is 11.5 Å². The zero-order valence-electron chi connectivity index (χ0n) is 8.35. The predicted molar refractivity (Wildman–Crippen MR) is 68.5 cm³/mol. The normalized spacial score (nSPS) is 7.50. The van der Waals surface area contributed by atoms with Crippen molar-refractivity contribution in [3.8, 4) is 11.5 Å². The van der Waals surface area contributed by atoms with Crippen molar-refractivity contribution in [1.29, 1.82) is 0 Å². The van der Waals surface area contributed by atoms with Crippen LogP contribution in [0.4, 0.5) is 0 Å². The third-order valence-corrected chi connectivity index (χ3v) is 1.42. The van der Waals surface area contributed by atoms with Gasteiger partial charge in [-0.05, 0) is 36.4 Å². The molecule has 0 amide bonds. The summed E-state index contributed by atoms with van der Waals surface area (Å²) >= 11 is 0. The topological polar surface area (TPSA) is 53.4 Å². The number of aromatic nitrogens is 1. The molecule has 0 aliphatic carbocycles.